The average molecular weight is 241 g/mol. The minimum absolute atomic E-state index is 0.114. The van der Waals surface area contributed by atoms with Crippen molar-refractivity contribution in [1.82, 2.24) is 4.98 Å². The number of anilines is 2. The lowest BCUT2D eigenvalue weighted by molar-refractivity contribution is -0.114. The van der Waals surface area contributed by atoms with Gasteiger partial charge in [0.15, 0.2) is 0 Å². The Morgan fingerprint density at radius 1 is 1.22 bits per heavy atom. The molecule has 1 aromatic carbocycles. The van der Waals surface area contributed by atoms with Crippen LogP contribution in [0.1, 0.15) is 5.56 Å². The van der Waals surface area contributed by atoms with E-state index < -0.39 is 0 Å². The molecule has 4 nitrogen and oxygen atoms in total. The van der Waals surface area contributed by atoms with Crippen LogP contribution in [-0.4, -0.2) is 17.4 Å². The number of aryl methyl sites for hydroxylation is 1. The average Bonchev–Trinajstić information content (AvgIpc) is 2.38. The minimum Gasteiger partial charge on any atom is -0.376 e. The van der Waals surface area contributed by atoms with Crippen molar-refractivity contribution in [2.24, 2.45) is 0 Å². The van der Waals surface area contributed by atoms with Crippen molar-refractivity contribution in [3.8, 4) is 0 Å². The van der Waals surface area contributed by atoms with Crippen molar-refractivity contribution in [2.75, 3.05) is 17.2 Å². The number of hydrogen-bond donors (Lipinski definition) is 2. The number of rotatable bonds is 4. The number of nitrogens with one attached hydrogen (secondary N) is 2. The Hall–Kier alpha value is -2.36. The molecule has 0 bridgehead atoms. The Labute approximate surface area is 106 Å². The zero-order valence-electron chi connectivity index (χ0n) is 10.2. The Balaban J connectivity index is 1.86. The first kappa shape index (κ1) is 12.1. The van der Waals surface area contributed by atoms with Gasteiger partial charge in [0.1, 0.15) is 5.82 Å². The van der Waals surface area contributed by atoms with Crippen LogP contribution >= 0.6 is 0 Å². The Bertz CT molecular complexity index is 526. The largest absolute Gasteiger partial charge is 0.376 e. The molecule has 0 saturated heterocycles. The summed E-state index contributed by atoms with van der Waals surface area (Å²) in [6.45, 7) is 2.18. The standard InChI is InChI=1S/C14H15N3O/c1-11-7-8-15-13(9-11)17-14(18)10-16-12-5-3-2-4-6-12/h2-9,16H,10H2,1H3,(H,15,17,18). The van der Waals surface area contributed by atoms with Gasteiger partial charge in [-0.2, -0.15) is 0 Å². The van der Waals surface area contributed by atoms with Gasteiger partial charge in [-0.05, 0) is 36.8 Å². The van der Waals surface area contributed by atoms with Crippen LogP contribution in [0.3, 0.4) is 0 Å². The molecule has 1 heterocycles. The van der Waals surface area contributed by atoms with Gasteiger partial charge < -0.3 is 10.6 Å². The molecule has 0 spiro atoms. The quantitative estimate of drug-likeness (QED) is 0.864. The van der Waals surface area contributed by atoms with Gasteiger partial charge in [0.05, 0.1) is 6.54 Å². The highest BCUT2D eigenvalue weighted by atomic mass is 16.1. The molecule has 4 heteroatoms. The zero-order chi connectivity index (χ0) is 12.8. The molecule has 1 aromatic heterocycles. The molecule has 1 amide bonds. The van der Waals surface area contributed by atoms with E-state index in [1.54, 1.807) is 6.20 Å². The van der Waals surface area contributed by atoms with Gasteiger partial charge in [0.2, 0.25) is 5.91 Å². The Morgan fingerprint density at radius 2 is 2.00 bits per heavy atom. The van der Waals surface area contributed by atoms with Gasteiger partial charge in [-0.3, -0.25) is 4.79 Å². The molecular weight excluding hydrogens is 226 g/mol. The normalized spacial score (nSPS) is 9.83. The SMILES string of the molecule is Cc1ccnc(NC(=O)CNc2ccccc2)c1. The van der Waals surface area contributed by atoms with Crippen molar-refractivity contribution in [1.29, 1.82) is 0 Å². The first-order valence-electron chi connectivity index (χ1n) is 5.75. The summed E-state index contributed by atoms with van der Waals surface area (Å²) in [5.41, 5.74) is 1.99. The molecule has 2 N–H and O–H groups in total. The molecule has 2 aromatic rings. The second-order valence-electron chi connectivity index (χ2n) is 3.99. The maximum atomic E-state index is 11.7. The van der Waals surface area contributed by atoms with E-state index in [1.165, 1.54) is 0 Å². The summed E-state index contributed by atoms with van der Waals surface area (Å²) in [5, 5.41) is 5.78. The number of nitrogens with zero attached hydrogens (tertiary/aromatic N) is 1. The molecule has 18 heavy (non-hydrogen) atoms. The maximum absolute atomic E-state index is 11.7. The van der Waals surface area contributed by atoms with Gasteiger partial charge in [0.25, 0.3) is 0 Å². The number of amides is 1. The highest BCUT2D eigenvalue weighted by Crippen LogP contribution is 2.06. The minimum atomic E-state index is -0.114. The number of carbonyl (C=O) groups excluding carboxylic acids is 1. The smallest absolute Gasteiger partial charge is 0.244 e. The van der Waals surface area contributed by atoms with Crippen LogP contribution < -0.4 is 10.6 Å². The summed E-state index contributed by atoms with van der Waals surface area (Å²) in [6, 6.07) is 13.3. The van der Waals surface area contributed by atoms with Gasteiger partial charge in [0, 0.05) is 11.9 Å². The molecule has 0 atom stereocenters. The van der Waals surface area contributed by atoms with Crippen LogP contribution in [0.5, 0.6) is 0 Å². The molecule has 2 rings (SSSR count). The first-order valence-corrected chi connectivity index (χ1v) is 5.75. The summed E-state index contributed by atoms with van der Waals surface area (Å²) in [6.07, 6.45) is 1.68. The lowest BCUT2D eigenvalue weighted by atomic mass is 10.3. The van der Waals surface area contributed by atoms with Crippen molar-refractivity contribution < 1.29 is 4.79 Å². The number of aromatic nitrogens is 1. The fourth-order valence-corrected chi connectivity index (χ4v) is 1.53. The van der Waals surface area contributed by atoms with Crippen molar-refractivity contribution in [3.05, 3.63) is 54.2 Å². The van der Waals surface area contributed by atoms with Crippen LogP contribution in [0.25, 0.3) is 0 Å². The number of pyridine rings is 1. The van der Waals surface area contributed by atoms with Crippen molar-refractivity contribution in [2.45, 2.75) is 6.92 Å². The monoisotopic (exact) mass is 241 g/mol. The summed E-state index contributed by atoms with van der Waals surface area (Å²) in [7, 11) is 0. The molecule has 0 unspecified atom stereocenters. The van der Waals surface area contributed by atoms with Crippen molar-refractivity contribution >= 4 is 17.4 Å². The summed E-state index contributed by atoms with van der Waals surface area (Å²) >= 11 is 0. The third-order valence-corrected chi connectivity index (χ3v) is 2.41. The highest BCUT2D eigenvalue weighted by molar-refractivity contribution is 5.92. The Kier molecular flexibility index (Phi) is 3.91. The fourth-order valence-electron chi connectivity index (χ4n) is 1.53. The summed E-state index contributed by atoms with van der Waals surface area (Å²) in [5.74, 6) is 0.465. The van der Waals surface area contributed by atoms with E-state index in [0.717, 1.165) is 11.3 Å². The van der Waals surface area contributed by atoms with Crippen LogP contribution in [0, 0.1) is 6.92 Å². The summed E-state index contributed by atoms with van der Waals surface area (Å²) < 4.78 is 0. The third-order valence-electron chi connectivity index (χ3n) is 2.41. The molecular formula is C14H15N3O. The van der Waals surface area contributed by atoms with Crippen LogP contribution in [0.2, 0.25) is 0 Å². The molecule has 0 aliphatic carbocycles. The van der Waals surface area contributed by atoms with Crippen LogP contribution in [-0.2, 0) is 4.79 Å². The molecule has 0 aliphatic heterocycles. The third kappa shape index (κ3) is 3.59. The van der Waals surface area contributed by atoms with Gasteiger partial charge in [-0.1, -0.05) is 18.2 Å². The highest BCUT2D eigenvalue weighted by Gasteiger charge is 2.02. The lowest BCUT2D eigenvalue weighted by Gasteiger charge is -2.07. The number of para-hydroxylation sites is 1. The molecule has 0 radical (unpaired) electrons. The first-order chi connectivity index (χ1) is 8.74. The van der Waals surface area contributed by atoms with Gasteiger partial charge >= 0.3 is 0 Å². The van der Waals surface area contributed by atoms with E-state index in [-0.39, 0.29) is 12.5 Å². The molecule has 92 valence electrons. The van der Waals surface area contributed by atoms with Gasteiger partial charge in [-0.25, -0.2) is 4.98 Å². The second kappa shape index (κ2) is 5.82. The lowest BCUT2D eigenvalue weighted by Crippen LogP contribution is -2.22. The Morgan fingerprint density at radius 3 is 2.72 bits per heavy atom. The fraction of sp³-hybridized carbons (Fsp3) is 0.143. The van der Waals surface area contributed by atoms with E-state index in [0.29, 0.717) is 5.82 Å². The molecule has 0 aliphatic rings. The van der Waals surface area contributed by atoms with E-state index >= 15 is 0 Å². The molecule has 0 fully saturated rings. The van der Waals surface area contributed by atoms with Crippen LogP contribution in [0.15, 0.2) is 48.7 Å². The number of benzene rings is 1. The maximum Gasteiger partial charge on any atom is 0.244 e. The second-order valence-corrected chi connectivity index (χ2v) is 3.99. The number of hydrogen-bond acceptors (Lipinski definition) is 3. The molecule has 0 saturated carbocycles. The van der Waals surface area contributed by atoms with Gasteiger partial charge in [-0.15, -0.1) is 0 Å². The van der Waals surface area contributed by atoms with Crippen molar-refractivity contribution in [3.63, 3.8) is 0 Å². The zero-order valence-corrected chi connectivity index (χ0v) is 10.2. The van der Waals surface area contributed by atoms with Crippen LogP contribution in [0.4, 0.5) is 11.5 Å². The van der Waals surface area contributed by atoms with E-state index in [1.807, 2.05) is 49.4 Å². The predicted molar refractivity (Wildman–Crippen MR) is 72.5 cm³/mol. The number of carbonyl (C=O) groups is 1. The predicted octanol–water partition coefficient (Wildman–Crippen LogP) is 2.44. The summed E-state index contributed by atoms with van der Waals surface area (Å²) in [4.78, 5) is 15.8. The topological polar surface area (TPSA) is 54.0 Å². The van der Waals surface area contributed by atoms with E-state index in [2.05, 4.69) is 15.6 Å². The van der Waals surface area contributed by atoms with E-state index in [9.17, 15) is 4.79 Å². The van der Waals surface area contributed by atoms with E-state index in [4.69, 9.17) is 0 Å².